The molecule has 0 saturated heterocycles. The highest BCUT2D eigenvalue weighted by atomic mass is 19.2. The van der Waals surface area contributed by atoms with Crippen molar-refractivity contribution < 1.29 is 17.6 Å². The van der Waals surface area contributed by atoms with Crippen molar-refractivity contribution in [3.8, 4) is 0 Å². The second-order valence-electron chi connectivity index (χ2n) is 13.6. The SMILES string of the molecule is C.C.CC1CCC(C)CC1.CC1CCC(C)CC1.Cc1ccc(C)c(F)c1.Cc1ccc(C)c(F)c1.Cc1ccc(C)c(F)c1F. The van der Waals surface area contributed by atoms with Crippen LogP contribution in [0.15, 0.2) is 48.5 Å². The number of aryl methyl sites for hydroxylation is 6. The first-order valence-corrected chi connectivity index (χ1v) is 16.5. The summed E-state index contributed by atoms with van der Waals surface area (Å²) in [6, 6.07) is 13.6. The topological polar surface area (TPSA) is 0 Å². The summed E-state index contributed by atoms with van der Waals surface area (Å²) in [6.07, 6.45) is 11.8. The molecule has 3 aromatic carbocycles. The van der Waals surface area contributed by atoms with E-state index in [-0.39, 0.29) is 26.5 Å². The highest BCUT2D eigenvalue weighted by molar-refractivity contribution is 5.24. The first kappa shape index (κ1) is 45.5. The number of benzene rings is 3. The fourth-order valence-electron chi connectivity index (χ4n) is 4.99. The van der Waals surface area contributed by atoms with Crippen molar-refractivity contribution in [3.05, 3.63) is 105 Å². The molecule has 0 bridgehead atoms. The maximum Gasteiger partial charge on any atom is 0.161 e. The molecule has 0 spiro atoms. The van der Waals surface area contributed by atoms with E-state index in [2.05, 4.69) is 27.7 Å². The minimum atomic E-state index is -0.736. The van der Waals surface area contributed by atoms with Gasteiger partial charge in [-0.25, -0.2) is 17.6 Å². The Bertz CT molecular complexity index is 1120. The highest BCUT2D eigenvalue weighted by Crippen LogP contribution is 2.28. The average molecular weight is 647 g/mol. The molecule has 0 radical (unpaired) electrons. The van der Waals surface area contributed by atoms with Gasteiger partial charge in [-0.1, -0.05) is 130 Å². The lowest BCUT2D eigenvalue weighted by atomic mass is 9.84. The summed E-state index contributed by atoms with van der Waals surface area (Å²) in [5.74, 6) is 2.37. The third-order valence-corrected chi connectivity index (χ3v) is 8.73. The van der Waals surface area contributed by atoms with E-state index in [9.17, 15) is 17.6 Å². The molecule has 2 aliphatic rings. The molecule has 0 nitrogen and oxygen atoms in total. The lowest BCUT2D eigenvalue weighted by Crippen LogP contribution is -2.08. The molecule has 0 unspecified atom stereocenters. The Morgan fingerprint density at radius 1 is 0.391 bits per heavy atom. The van der Waals surface area contributed by atoms with Crippen LogP contribution in [0, 0.1) is 88.5 Å². The maximum absolute atomic E-state index is 12.6. The molecule has 4 heteroatoms. The van der Waals surface area contributed by atoms with E-state index in [1.165, 1.54) is 77.3 Å². The van der Waals surface area contributed by atoms with E-state index in [1.807, 2.05) is 26.0 Å². The van der Waals surface area contributed by atoms with Crippen LogP contribution in [0.5, 0.6) is 0 Å². The lowest BCUT2D eigenvalue weighted by Gasteiger charge is -2.22. The molecule has 3 aromatic rings. The molecule has 2 aliphatic carbocycles. The van der Waals surface area contributed by atoms with E-state index in [4.69, 9.17) is 0 Å². The van der Waals surface area contributed by atoms with Gasteiger partial charge in [0.25, 0.3) is 0 Å². The van der Waals surface area contributed by atoms with Gasteiger partial charge in [-0.2, -0.15) is 0 Å². The van der Waals surface area contributed by atoms with Gasteiger partial charge >= 0.3 is 0 Å². The second-order valence-corrected chi connectivity index (χ2v) is 13.6. The third kappa shape index (κ3) is 18.5. The normalized spacial score (nSPS) is 19.8. The minimum absolute atomic E-state index is 0. The van der Waals surface area contributed by atoms with Gasteiger partial charge in [0.2, 0.25) is 0 Å². The minimum Gasteiger partial charge on any atom is -0.207 e. The summed E-state index contributed by atoms with van der Waals surface area (Å²) >= 11 is 0. The fourth-order valence-corrected chi connectivity index (χ4v) is 4.99. The molecule has 0 amide bonds. The Hall–Kier alpha value is -2.62. The molecule has 0 heterocycles. The molecule has 262 valence electrons. The largest absolute Gasteiger partial charge is 0.207 e. The molecule has 5 rings (SSSR count). The van der Waals surface area contributed by atoms with Crippen LogP contribution in [0.4, 0.5) is 17.6 Å². The molecule has 0 aromatic heterocycles. The molecule has 2 saturated carbocycles. The van der Waals surface area contributed by atoms with Crippen LogP contribution in [0.2, 0.25) is 0 Å². The lowest BCUT2D eigenvalue weighted by molar-refractivity contribution is 0.308. The highest BCUT2D eigenvalue weighted by Gasteiger charge is 2.14. The Morgan fingerprint density at radius 3 is 0.804 bits per heavy atom. The average Bonchev–Trinajstić information content (AvgIpc) is 2.98. The maximum atomic E-state index is 12.6. The van der Waals surface area contributed by atoms with Crippen molar-refractivity contribution in [2.24, 2.45) is 23.7 Å². The van der Waals surface area contributed by atoms with E-state index >= 15 is 0 Å². The predicted octanol–water partition coefficient (Wildman–Crippen LogP) is 14.4. The van der Waals surface area contributed by atoms with Crippen molar-refractivity contribution in [2.45, 2.75) is 135 Å². The summed E-state index contributed by atoms with van der Waals surface area (Å²) in [7, 11) is 0. The first-order valence-electron chi connectivity index (χ1n) is 16.5. The van der Waals surface area contributed by atoms with Crippen LogP contribution >= 0.6 is 0 Å². The quantitative estimate of drug-likeness (QED) is 0.213. The molecule has 46 heavy (non-hydrogen) atoms. The predicted molar refractivity (Wildman–Crippen MR) is 195 cm³/mol. The van der Waals surface area contributed by atoms with E-state index in [0.29, 0.717) is 22.3 Å². The Morgan fingerprint density at radius 2 is 0.609 bits per heavy atom. The van der Waals surface area contributed by atoms with Crippen LogP contribution in [0.25, 0.3) is 0 Å². The Labute approximate surface area is 281 Å². The van der Waals surface area contributed by atoms with Gasteiger partial charge in [-0.15, -0.1) is 0 Å². The van der Waals surface area contributed by atoms with Gasteiger partial charge in [0, 0.05) is 0 Å². The molecule has 2 fully saturated rings. The van der Waals surface area contributed by atoms with E-state index in [1.54, 1.807) is 38.1 Å². The van der Waals surface area contributed by atoms with Gasteiger partial charge in [0.1, 0.15) is 11.6 Å². The number of halogens is 4. The van der Waals surface area contributed by atoms with Gasteiger partial charge in [0.05, 0.1) is 0 Å². The molecule has 0 atom stereocenters. The monoisotopic (exact) mass is 647 g/mol. The van der Waals surface area contributed by atoms with Crippen LogP contribution < -0.4 is 0 Å². The van der Waals surface area contributed by atoms with Crippen molar-refractivity contribution in [1.29, 1.82) is 0 Å². The fraction of sp³-hybridized carbons (Fsp3) is 0.571. The third-order valence-electron chi connectivity index (χ3n) is 8.73. The molecule has 0 N–H and O–H groups in total. The zero-order valence-electron chi connectivity index (χ0n) is 29.1. The first-order chi connectivity index (χ1) is 20.6. The number of hydrogen-bond donors (Lipinski definition) is 0. The second kappa shape index (κ2) is 23.7. The van der Waals surface area contributed by atoms with Crippen molar-refractivity contribution in [1.82, 2.24) is 0 Å². The molecule has 0 aliphatic heterocycles. The summed E-state index contributed by atoms with van der Waals surface area (Å²) < 4.78 is 50.4. The zero-order valence-corrected chi connectivity index (χ0v) is 29.1. The summed E-state index contributed by atoms with van der Waals surface area (Å²) in [4.78, 5) is 0. The number of rotatable bonds is 0. The molecular weight excluding hydrogens is 580 g/mol. The summed E-state index contributed by atoms with van der Waals surface area (Å²) in [6.45, 7) is 19.8. The summed E-state index contributed by atoms with van der Waals surface area (Å²) in [5.41, 5.74) is 4.06. The van der Waals surface area contributed by atoms with Crippen molar-refractivity contribution in [2.75, 3.05) is 0 Å². The van der Waals surface area contributed by atoms with Crippen LogP contribution in [-0.4, -0.2) is 0 Å². The van der Waals surface area contributed by atoms with Crippen LogP contribution in [0.3, 0.4) is 0 Å². The summed E-state index contributed by atoms with van der Waals surface area (Å²) in [5, 5.41) is 0. The van der Waals surface area contributed by atoms with Crippen LogP contribution in [0.1, 0.15) is 127 Å². The standard InChI is InChI=1S/C8H8F2.2C8H9F.2C8H16.2CH4/c1-5-3-4-6(2)8(10)7(5)9;2*1-6-3-4-7(2)8(9)5-6;2*1-7-3-5-8(2)6-4-7;;/h3-4H,1-2H3;2*3-5H,1-2H3;2*7-8H,3-6H2,1-2H3;2*1H4. The van der Waals surface area contributed by atoms with Gasteiger partial charge in [-0.3, -0.25) is 0 Å². The van der Waals surface area contributed by atoms with E-state index < -0.39 is 11.6 Å². The van der Waals surface area contributed by atoms with Gasteiger partial charge in [-0.05, 0) is 111 Å². The van der Waals surface area contributed by atoms with Crippen molar-refractivity contribution >= 4 is 0 Å². The number of hydrogen-bond acceptors (Lipinski definition) is 0. The van der Waals surface area contributed by atoms with E-state index in [0.717, 1.165) is 34.8 Å². The molecular formula is C42H66F4. The Balaban J connectivity index is 0. The Kier molecular flexibility index (Phi) is 23.4. The van der Waals surface area contributed by atoms with Crippen LogP contribution in [-0.2, 0) is 0 Å². The van der Waals surface area contributed by atoms with Gasteiger partial charge < -0.3 is 0 Å². The zero-order chi connectivity index (χ0) is 33.4. The van der Waals surface area contributed by atoms with Crippen molar-refractivity contribution in [3.63, 3.8) is 0 Å². The van der Waals surface area contributed by atoms with Gasteiger partial charge in [0.15, 0.2) is 11.6 Å². The smallest absolute Gasteiger partial charge is 0.161 e.